The number of ether oxygens (including phenoxy) is 2. The van der Waals surface area contributed by atoms with Gasteiger partial charge in [0, 0.05) is 23.2 Å². The molecule has 1 aromatic carbocycles. The van der Waals surface area contributed by atoms with Gasteiger partial charge in [0.05, 0.1) is 12.8 Å². The topological polar surface area (TPSA) is 57.4 Å². The molecule has 0 spiro atoms. The second kappa shape index (κ2) is 4.93. The number of anilines is 1. The fourth-order valence-electron chi connectivity index (χ4n) is 1.28. The highest BCUT2D eigenvalue weighted by molar-refractivity contribution is 6.30. The van der Waals surface area contributed by atoms with E-state index in [1.54, 1.807) is 43.5 Å². The van der Waals surface area contributed by atoms with Gasteiger partial charge in [0.15, 0.2) is 5.75 Å². The molecular formula is C12H11ClN2O2. The van der Waals surface area contributed by atoms with Crippen LogP contribution in [0.3, 0.4) is 0 Å². The van der Waals surface area contributed by atoms with Crippen molar-refractivity contribution < 1.29 is 9.47 Å². The summed E-state index contributed by atoms with van der Waals surface area (Å²) in [7, 11) is 1.54. The summed E-state index contributed by atoms with van der Waals surface area (Å²) in [6.45, 7) is 0. The molecule has 88 valence electrons. The summed E-state index contributed by atoms with van der Waals surface area (Å²) in [5, 5.41) is 0.553. The monoisotopic (exact) mass is 250 g/mol. The van der Waals surface area contributed by atoms with Crippen LogP contribution >= 0.6 is 11.6 Å². The molecule has 0 amide bonds. The molecular weight excluding hydrogens is 240 g/mol. The molecule has 0 aliphatic rings. The molecule has 2 rings (SSSR count). The molecule has 0 bridgehead atoms. The lowest BCUT2D eigenvalue weighted by molar-refractivity contribution is 0.383. The van der Waals surface area contributed by atoms with Gasteiger partial charge in [0.25, 0.3) is 0 Å². The van der Waals surface area contributed by atoms with Gasteiger partial charge in [-0.25, -0.2) is 0 Å². The predicted molar refractivity (Wildman–Crippen MR) is 66.7 cm³/mol. The van der Waals surface area contributed by atoms with E-state index in [9.17, 15) is 0 Å². The van der Waals surface area contributed by atoms with E-state index in [1.165, 1.54) is 0 Å². The van der Waals surface area contributed by atoms with Gasteiger partial charge in [0.2, 0.25) is 11.8 Å². The van der Waals surface area contributed by atoms with Gasteiger partial charge in [-0.2, -0.15) is 4.98 Å². The summed E-state index contributed by atoms with van der Waals surface area (Å²) < 4.78 is 10.5. The molecule has 1 aromatic heterocycles. The summed E-state index contributed by atoms with van der Waals surface area (Å²) in [6.07, 6.45) is 0. The Hall–Kier alpha value is -1.94. The summed E-state index contributed by atoms with van der Waals surface area (Å²) in [5.41, 5.74) is 6.26. The van der Waals surface area contributed by atoms with Crippen LogP contribution in [0, 0.1) is 0 Å². The highest BCUT2D eigenvalue weighted by atomic mass is 35.5. The van der Waals surface area contributed by atoms with Crippen molar-refractivity contribution in [2.45, 2.75) is 0 Å². The lowest BCUT2D eigenvalue weighted by Gasteiger charge is -2.08. The first-order valence-corrected chi connectivity index (χ1v) is 5.31. The third kappa shape index (κ3) is 2.79. The van der Waals surface area contributed by atoms with Crippen LogP contribution in [-0.2, 0) is 0 Å². The van der Waals surface area contributed by atoms with Crippen LogP contribution in [0.4, 0.5) is 5.69 Å². The molecule has 0 aliphatic carbocycles. The van der Waals surface area contributed by atoms with Crippen molar-refractivity contribution in [3.05, 3.63) is 41.4 Å². The summed E-state index contributed by atoms with van der Waals surface area (Å²) in [6, 6.07) is 10.2. The number of benzene rings is 1. The Balaban J connectivity index is 2.27. The fourth-order valence-corrected chi connectivity index (χ4v) is 1.44. The van der Waals surface area contributed by atoms with Gasteiger partial charge in [-0.1, -0.05) is 17.7 Å². The second-order valence-corrected chi connectivity index (χ2v) is 3.74. The average molecular weight is 251 g/mol. The molecule has 2 N–H and O–H groups in total. The highest BCUT2D eigenvalue weighted by Gasteiger charge is 2.05. The maximum absolute atomic E-state index is 5.86. The smallest absolute Gasteiger partial charge is 0.222 e. The van der Waals surface area contributed by atoms with E-state index in [0.29, 0.717) is 28.2 Å². The predicted octanol–water partition coefficient (Wildman–Crippen LogP) is 3.12. The minimum absolute atomic E-state index is 0.401. The summed E-state index contributed by atoms with van der Waals surface area (Å²) in [5.74, 6) is 1.35. The lowest BCUT2D eigenvalue weighted by atomic mass is 10.3. The Labute approximate surface area is 104 Å². The van der Waals surface area contributed by atoms with Crippen LogP contribution in [0.2, 0.25) is 5.02 Å². The third-order valence-electron chi connectivity index (χ3n) is 2.10. The molecule has 1 heterocycles. The zero-order chi connectivity index (χ0) is 12.3. The van der Waals surface area contributed by atoms with Gasteiger partial charge in [-0.3, -0.25) is 0 Å². The first-order chi connectivity index (χ1) is 8.19. The number of methoxy groups -OCH3 is 1. The van der Waals surface area contributed by atoms with Crippen LogP contribution in [0.25, 0.3) is 0 Å². The van der Waals surface area contributed by atoms with E-state index in [0.717, 1.165) is 0 Å². The zero-order valence-corrected chi connectivity index (χ0v) is 9.94. The van der Waals surface area contributed by atoms with Crippen molar-refractivity contribution >= 4 is 17.3 Å². The standard InChI is InChI=1S/C12H11ClN2O2/c1-16-11-3-2-4-12(15-11)17-10-7-8(13)5-6-9(10)14/h2-7H,14H2,1H3. The van der Waals surface area contributed by atoms with Crippen molar-refractivity contribution in [1.82, 2.24) is 4.98 Å². The van der Waals surface area contributed by atoms with Crippen LogP contribution < -0.4 is 15.2 Å². The number of aromatic nitrogens is 1. The maximum atomic E-state index is 5.86. The fraction of sp³-hybridized carbons (Fsp3) is 0.0833. The molecule has 0 unspecified atom stereocenters. The number of nitrogens with zero attached hydrogens (tertiary/aromatic N) is 1. The number of hydrogen-bond donors (Lipinski definition) is 1. The number of halogens is 1. The molecule has 2 aromatic rings. The van der Waals surface area contributed by atoms with E-state index >= 15 is 0 Å². The molecule has 0 saturated carbocycles. The minimum atomic E-state index is 0.401. The number of rotatable bonds is 3. The van der Waals surface area contributed by atoms with E-state index in [2.05, 4.69) is 4.98 Å². The van der Waals surface area contributed by atoms with Crippen molar-refractivity contribution in [3.63, 3.8) is 0 Å². The zero-order valence-electron chi connectivity index (χ0n) is 9.18. The Morgan fingerprint density at radius 1 is 1.18 bits per heavy atom. The van der Waals surface area contributed by atoms with E-state index in [-0.39, 0.29) is 0 Å². The van der Waals surface area contributed by atoms with Gasteiger partial charge >= 0.3 is 0 Å². The molecule has 0 fully saturated rings. The van der Waals surface area contributed by atoms with Crippen LogP contribution in [0.15, 0.2) is 36.4 Å². The van der Waals surface area contributed by atoms with Gasteiger partial charge < -0.3 is 15.2 Å². The molecule has 0 atom stereocenters. The number of nitrogen functional groups attached to an aromatic ring is 1. The number of hydrogen-bond acceptors (Lipinski definition) is 4. The van der Waals surface area contributed by atoms with Crippen molar-refractivity contribution in [2.24, 2.45) is 0 Å². The van der Waals surface area contributed by atoms with Crippen LogP contribution in [0.5, 0.6) is 17.5 Å². The van der Waals surface area contributed by atoms with Gasteiger partial charge in [-0.15, -0.1) is 0 Å². The molecule has 4 nitrogen and oxygen atoms in total. The van der Waals surface area contributed by atoms with E-state index in [4.69, 9.17) is 26.8 Å². The van der Waals surface area contributed by atoms with Crippen molar-refractivity contribution in [2.75, 3.05) is 12.8 Å². The SMILES string of the molecule is COc1cccc(Oc2cc(Cl)ccc2N)n1. The third-order valence-corrected chi connectivity index (χ3v) is 2.33. The molecule has 0 saturated heterocycles. The maximum Gasteiger partial charge on any atom is 0.222 e. The van der Waals surface area contributed by atoms with Gasteiger partial charge in [0.1, 0.15) is 0 Å². The number of nitrogens with two attached hydrogens (primary N) is 1. The van der Waals surface area contributed by atoms with Crippen molar-refractivity contribution in [3.8, 4) is 17.5 Å². The Kier molecular flexibility index (Phi) is 3.35. The lowest BCUT2D eigenvalue weighted by Crippen LogP contribution is -1.94. The van der Waals surface area contributed by atoms with Crippen LogP contribution in [-0.4, -0.2) is 12.1 Å². The number of pyridine rings is 1. The van der Waals surface area contributed by atoms with E-state index in [1.807, 2.05) is 0 Å². The van der Waals surface area contributed by atoms with E-state index < -0.39 is 0 Å². The normalized spacial score (nSPS) is 10.0. The molecule has 17 heavy (non-hydrogen) atoms. The molecule has 5 heteroatoms. The first-order valence-electron chi connectivity index (χ1n) is 4.93. The largest absolute Gasteiger partial charge is 0.481 e. The summed E-state index contributed by atoms with van der Waals surface area (Å²) in [4.78, 5) is 4.11. The first kappa shape index (κ1) is 11.5. The Morgan fingerprint density at radius 3 is 2.71 bits per heavy atom. The summed E-state index contributed by atoms with van der Waals surface area (Å²) >= 11 is 5.86. The van der Waals surface area contributed by atoms with Crippen LogP contribution in [0.1, 0.15) is 0 Å². The highest BCUT2D eigenvalue weighted by Crippen LogP contribution is 2.29. The van der Waals surface area contributed by atoms with Crippen molar-refractivity contribution in [1.29, 1.82) is 0 Å². The minimum Gasteiger partial charge on any atom is -0.481 e. The molecule has 0 aliphatic heterocycles. The van der Waals surface area contributed by atoms with Gasteiger partial charge in [-0.05, 0) is 12.1 Å². The Morgan fingerprint density at radius 2 is 1.94 bits per heavy atom. The Bertz CT molecular complexity index is 532. The average Bonchev–Trinajstić information content (AvgIpc) is 2.34. The second-order valence-electron chi connectivity index (χ2n) is 3.30. The molecule has 0 radical (unpaired) electrons. The quantitative estimate of drug-likeness (QED) is 0.851.